The maximum Gasteiger partial charge on any atom is 0.150 e. The molecule has 3 nitrogen and oxygen atoms in total. The molecule has 0 bridgehead atoms. The number of rotatable bonds is 4. The normalized spacial score (nSPS) is 21.1. The van der Waals surface area contributed by atoms with Crippen LogP contribution in [0.2, 0.25) is 0 Å². The van der Waals surface area contributed by atoms with Gasteiger partial charge in [-0.25, -0.2) is 8.42 Å². The van der Waals surface area contributed by atoms with Gasteiger partial charge in [0.05, 0.1) is 11.5 Å². The van der Waals surface area contributed by atoms with Crippen LogP contribution >= 0.6 is 0 Å². The van der Waals surface area contributed by atoms with E-state index in [9.17, 15) is 13.2 Å². The summed E-state index contributed by atoms with van der Waals surface area (Å²) in [6, 6.07) is 4.19. The fourth-order valence-electron chi connectivity index (χ4n) is 3.11. The summed E-state index contributed by atoms with van der Waals surface area (Å²) in [5.41, 5.74) is 4.60. The molecule has 0 saturated carbocycles. The molecule has 1 heterocycles. The average Bonchev–Trinajstić information content (AvgIpc) is 2.63. The number of hydrogen-bond acceptors (Lipinski definition) is 3. The Morgan fingerprint density at radius 3 is 2.30 bits per heavy atom. The second-order valence-corrected chi connectivity index (χ2v) is 8.29. The minimum Gasteiger partial charge on any atom is -0.299 e. The zero-order valence-electron chi connectivity index (χ0n) is 12.4. The largest absolute Gasteiger partial charge is 0.299 e. The third kappa shape index (κ3) is 3.69. The van der Waals surface area contributed by atoms with Gasteiger partial charge in [0.25, 0.3) is 0 Å². The minimum atomic E-state index is -2.89. The van der Waals surface area contributed by atoms with E-state index in [4.69, 9.17) is 0 Å². The first kappa shape index (κ1) is 15.2. The monoisotopic (exact) mass is 294 g/mol. The molecule has 0 amide bonds. The van der Waals surface area contributed by atoms with Gasteiger partial charge in [0.2, 0.25) is 0 Å². The third-order valence-corrected chi connectivity index (χ3v) is 5.89. The number of carbonyl (C=O) groups is 1. The van der Waals surface area contributed by atoms with Crippen molar-refractivity contribution in [2.75, 3.05) is 11.5 Å². The van der Waals surface area contributed by atoms with E-state index in [-0.39, 0.29) is 23.2 Å². The lowest BCUT2D eigenvalue weighted by Crippen LogP contribution is -2.13. The Hall–Kier alpha value is -1.16. The Balaban J connectivity index is 2.02. The quantitative estimate of drug-likeness (QED) is 0.857. The van der Waals surface area contributed by atoms with Crippen molar-refractivity contribution in [2.24, 2.45) is 5.92 Å². The van der Waals surface area contributed by atoms with Gasteiger partial charge in [-0.15, -0.1) is 0 Å². The average molecular weight is 294 g/mol. The topological polar surface area (TPSA) is 51.2 Å². The van der Waals surface area contributed by atoms with E-state index in [1.54, 1.807) is 0 Å². The van der Waals surface area contributed by atoms with E-state index in [0.717, 1.165) is 16.7 Å². The number of benzene rings is 1. The molecule has 1 aliphatic heterocycles. The lowest BCUT2D eigenvalue weighted by molar-refractivity contribution is -0.119. The van der Waals surface area contributed by atoms with Crippen molar-refractivity contribution in [3.8, 4) is 0 Å². The first-order chi connectivity index (χ1) is 9.27. The van der Waals surface area contributed by atoms with Gasteiger partial charge in [-0.3, -0.25) is 4.79 Å². The van der Waals surface area contributed by atoms with Crippen LogP contribution in [0.25, 0.3) is 0 Å². The summed E-state index contributed by atoms with van der Waals surface area (Å²) in [4.78, 5) is 12.2. The van der Waals surface area contributed by atoms with Crippen LogP contribution in [0.3, 0.4) is 0 Å². The molecule has 1 saturated heterocycles. The summed E-state index contributed by atoms with van der Waals surface area (Å²) in [5, 5.41) is 0. The first-order valence-electron chi connectivity index (χ1n) is 7.05. The van der Waals surface area contributed by atoms with Crippen LogP contribution in [0.1, 0.15) is 35.1 Å². The van der Waals surface area contributed by atoms with Crippen molar-refractivity contribution < 1.29 is 13.2 Å². The molecule has 1 aromatic carbocycles. The van der Waals surface area contributed by atoms with Crippen LogP contribution in [-0.2, 0) is 21.1 Å². The number of aryl methyl sites for hydroxylation is 3. The van der Waals surface area contributed by atoms with Crippen molar-refractivity contribution >= 4 is 15.6 Å². The molecule has 110 valence electrons. The molecule has 0 spiro atoms. The molecule has 0 N–H and O–H groups in total. The van der Waals surface area contributed by atoms with Crippen molar-refractivity contribution in [3.05, 3.63) is 34.4 Å². The number of hydrogen-bond donors (Lipinski definition) is 0. The number of carbonyl (C=O) groups excluding carboxylic acids is 1. The standard InChI is InChI=1S/C16H22O3S/c1-11-6-12(2)16(13(3)7-11)9-15(17)8-14-4-5-20(18,19)10-14/h6-7,14H,4-5,8-10H2,1-3H3. The van der Waals surface area contributed by atoms with Crippen LogP contribution in [0, 0.1) is 26.7 Å². The molecule has 1 fully saturated rings. The highest BCUT2D eigenvalue weighted by atomic mass is 32.2. The van der Waals surface area contributed by atoms with Crippen LogP contribution in [0.4, 0.5) is 0 Å². The zero-order chi connectivity index (χ0) is 14.9. The Kier molecular flexibility index (Phi) is 4.33. The third-order valence-electron chi connectivity index (χ3n) is 4.06. The van der Waals surface area contributed by atoms with Gasteiger partial charge < -0.3 is 0 Å². The molecule has 1 aliphatic rings. The van der Waals surface area contributed by atoms with E-state index in [2.05, 4.69) is 19.1 Å². The molecule has 1 aromatic rings. The molecule has 4 heteroatoms. The highest BCUT2D eigenvalue weighted by Crippen LogP contribution is 2.24. The lowest BCUT2D eigenvalue weighted by Gasteiger charge is -2.12. The molecule has 1 atom stereocenters. The lowest BCUT2D eigenvalue weighted by atomic mass is 9.92. The SMILES string of the molecule is Cc1cc(C)c(CC(=O)CC2CCS(=O)(=O)C2)c(C)c1. The minimum absolute atomic E-state index is 0.0264. The number of Topliss-reactive ketones (excluding diaryl/α,β-unsaturated/α-hetero) is 1. The van der Waals surface area contributed by atoms with Gasteiger partial charge in [0.15, 0.2) is 9.84 Å². The Morgan fingerprint density at radius 1 is 1.20 bits per heavy atom. The maximum absolute atomic E-state index is 12.2. The van der Waals surface area contributed by atoms with Crippen molar-refractivity contribution in [2.45, 2.75) is 40.0 Å². The Morgan fingerprint density at radius 2 is 1.80 bits per heavy atom. The van der Waals surface area contributed by atoms with Gasteiger partial charge in [-0.2, -0.15) is 0 Å². The van der Waals surface area contributed by atoms with Gasteiger partial charge in [0.1, 0.15) is 5.78 Å². The number of sulfone groups is 1. The first-order valence-corrected chi connectivity index (χ1v) is 8.88. The Bertz CT molecular complexity index is 606. The van der Waals surface area contributed by atoms with Gasteiger partial charge in [0, 0.05) is 12.8 Å². The highest BCUT2D eigenvalue weighted by molar-refractivity contribution is 7.91. The van der Waals surface area contributed by atoms with Gasteiger partial charge in [-0.05, 0) is 49.8 Å². The van der Waals surface area contributed by atoms with Gasteiger partial charge >= 0.3 is 0 Å². The second-order valence-electron chi connectivity index (χ2n) is 6.07. The smallest absolute Gasteiger partial charge is 0.150 e. The summed E-state index contributed by atoms with van der Waals surface area (Å²) >= 11 is 0. The predicted molar refractivity (Wildman–Crippen MR) is 80.7 cm³/mol. The van der Waals surface area contributed by atoms with Crippen LogP contribution in [-0.4, -0.2) is 25.7 Å². The summed E-state index contributed by atoms with van der Waals surface area (Å²) in [7, 11) is -2.89. The van der Waals surface area contributed by atoms with Gasteiger partial charge in [-0.1, -0.05) is 17.7 Å². The van der Waals surface area contributed by atoms with Crippen molar-refractivity contribution in [1.29, 1.82) is 0 Å². The number of ketones is 1. The molecular weight excluding hydrogens is 272 g/mol. The van der Waals surface area contributed by atoms with E-state index in [0.29, 0.717) is 19.3 Å². The molecular formula is C16H22O3S. The fourth-order valence-corrected chi connectivity index (χ4v) is 4.97. The van der Waals surface area contributed by atoms with Crippen molar-refractivity contribution in [3.63, 3.8) is 0 Å². The van der Waals surface area contributed by atoms with E-state index in [1.807, 2.05) is 13.8 Å². The summed E-state index contributed by atoms with van der Waals surface area (Å²) in [6.07, 6.45) is 1.46. The summed E-state index contributed by atoms with van der Waals surface area (Å²) in [6.45, 7) is 6.11. The van der Waals surface area contributed by atoms with Crippen LogP contribution < -0.4 is 0 Å². The molecule has 2 rings (SSSR count). The predicted octanol–water partition coefficient (Wildman–Crippen LogP) is 2.55. The molecule has 0 radical (unpaired) electrons. The van der Waals surface area contributed by atoms with Crippen LogP contribution in [0.15, 0.2) is 12.1 Å². The molecule has 1 unspecified atom stereocenters. The maximum atomic E-state index is 12.2. The Labute approximate surface area is 121 Å². The molecule has 0 aromatic heterocycles. The fraction of sp³-hybridized carbons (Fsp3) is 0.562. The summed E-state index contributed by atoms with van der Waals surface area (Å²) in [5.74, 6) is 0.610. The van der Waals surface area contributed by atoms with Crippen LogP contribution in [0.5, 0.6) is 0 Å². The van der Waals surface area contributed by atoms with E-state index < -0.39 is 9.84 Å². The second kappa shape index (κ2) is 5.68. The van der Waals surface area contributed by atoms with E-state index in [1.165, 1.54) is 5.56 Å². The molecule has 0 aliphatic carbocycles. The highest BCUT2D eigenvalue weighted by Gasteiger charge is 2.29. The summed E-state index contributed by atoms with van der Waals surface area (Å²) < 4.78 is 22.8. The van der Waals surface area contributed by atoms with Crippen molar-refractivity contribution in [1.82, 2.24) is 0 Å². The molecule has 20 heavy (non-hydrogen) atoms. The zero-order valence-corrected chi connectivity index (χ0v) is 13.2. The van der Waals surface area contributed by atoms with E-state index >= 15 is 0 Å².